The van der Waals surface area contributed by atoms with Gasteiger partial charge in [-0.05, 0) is 44.6 Å². The highest BCUT2D eigenvalue weighted by Gasteiger charge is 2.37. The highest BCUT2D eigenvalue weighted by Crippen LogP contribution is 2.44. The SMILES string of the molecule is CC(C)=CC/C=C(\C)[C@H]1CC(C)(C)CO[C@@H]1c1ccccc1. The van der Waals surface area contributed by atoms with Crippen LogP contribution in [-0.4, -0.2) is 6.61 Å². The first-order valence-electron chi connectivity index (χ1n) is 8.35. The maximum absolute atomic E-state index is 6.28. The summed E-state index contributed by atoms with van der Waals surface area (Å²) in [5.41, 5.74) is 4.39. The minimum atomic E-state index is 0.192. The van der Waals surface area contributed by atoms with Crippen molar-refractivity contribution in [3.05, 3.63) is 59.2 Å². The monoisotopic (exact) mass is 298 g/mol. The van der Waals surface area contributed by atoms with Gasteiger partial charge >= 0.3 is 0 Å². The van der Waals surface area contributed by atoms with Crippen molar-refractivity contribution in [1.29, 1.82) is 0 Å². The predicted octanol–water partition coefficient (Wildman–Crippen LogP) is 6.09. The van der Waals surface area contributed by atoms with Gasteiger partial charge in [0.2, 0.25) is 0 Å². The molecule has 1 aliphatic heterocycles. The standard InChI is InChI=1S/C21H30O/c1-16(2)10-9-11-17(3)19-14-21(4,5)15-22-20(19)18-12-7-6-8-13-18/h6-8,10-13,19-20H,9,14-15H2,1-5H3/b17-11+/t19-,20-/m1/s1. The summed E-state index contributed by atoms with van der Waals surface area (Å²) in [7, 11) is 0. The first kappa shape index (κ1) is 17.0. The quantitative estimate of drug-likeness (QED) is 0.611. The van der Waals surface area contributed by atoms with Crippen LogP contribution in [0.15, 0.2) is 53.6 Å². The fraction of sp³-hybridized carbons (Fsp3) is 0.524. The Morgan fingerprint density at radius 3 is 2.45 bits per heavy atom. The van der Waals surface area contributed by atoms with Gasteiger partial charge in [0, 0.05) is 5.92 Å². The van der Waals surface area contributed by atoms with Gasteiger partial charge in [-0.1, -0.05) is 67.5 Å². The Morgan fingerprint density at radius 2 is 1.82 bits per heavy atom. The molecule has 1 aromatic rings. The van der Waals surface area contributed by atoms with Crippen molar-refractivity contribution >= 4 is 0 Å². The molecule has 0 aliphatic carbocycles. The summed E-state index contributed by atoms with van der Waals surface area (Å²) in [6.45, 7) is 12.0. The average Bonchev–Trinajstić information content (AvgIpc) is 2.46. The molecule has 0 aromatic heterocycles. The highest BCUT2D eigenvalue weighted by atomic mass is 16.5. The van der Waals surface area contributed by atoms with Crippen molar-refractivity contribution in [1.82, 2.24) is 0 Å². The van der Waals surface area contributed by atoms with Crippen LogP contribution < -0.4 is 0 Å². The Hall–Kier alpha value is -1.34. The number of rotatable bonds is 4. The van der Waals surface area contributed by atoms with Gasteiger partial charge in [-0.2, -0.15) is 0 Å². The van der Waals surface area contributed by atoms with E-state index in [1.165, 1.54) is 23.1 Å². The van der Waals surface area contributed by atoms with Crippen LogP contribution >= 0.6 is 0 Å². The lowest BCUT2D eigenvalue weighted by atomic mass is 9.74. The third kappa shape index (κ3) is 4.58. The van der Waals surface area contributed by atoms with Crippen LogP contribution in [-0.2, 0) is 4.74 Å². The Bertz CT molecular complexity index is 532. The molecule has 2 atom stereocenters. The zero-order valence-electron chi connectivity index (χ0n) is 14.7. The summed E-state index contributed by atoms with van der Waals surface area (Å²) in [5, 5.41) is 0. The Kier molecular flexibility index (Phi) is 5.63. The second-order valence-electron chi connectivity index (χ2n) is 7.58. The van der Waals surface area contributed by atoms with E-state index < -0.39 is 0 Å². The fourth-order valence-corrected chi connectivity index (χ4v) is 3.20. The molecule has 1 aliphatic rings. The Balaban J connectivity index is 2.23. The fourth-order valence-electron chi connectivity index (χ4n) is 3.20. The van der Waals surface area contributed by atoms with E-state index in [9.17, 15) is 0 Å². The third-order valence-corrected chi connectivity index (χ3v) is 4.47. The van der Waals surface area contributed by atoms with Crippen molar-refractivity contribution in [2.75, 3.05) is 6.61 Å². The van der Waals surface area contributed by atoms with Gasteiger partial charge in [-0.25, -0.2) is 0 Å². The molecule has 0 amide bonds. The summed E-state index contributed by atoms with van der Waals surface area (Å²) in [5.74, 6) is 0.469. The van der Waals surface area contributed by atoms with Gasteiger partial charge in [0.1, 0.15) is 0 Å². The molecular weight excluding hydrogens is 268 g/mol. The zero-order chi connectivity index (χ0) is 16.2. The molecule has 0 spiro atoms. The molecule has 120 valence electrons. The first-order chi connectivity index (χ1) is 10.4. The molecule has 0 unspecified atom stereocenters. The van der Waals surface area contributed by atoms with Crippen molar-refractivity contribution in [2.45, 2.75) is 53.6 Å². The van der Waals surface area contributed by atoms with E-state index in [0.717, 1.165) is 13.0 Å². The van der Waals surface area contributed by atoms with Crippen molar-refractivity contribution in [3.8, 4) is 0 Å². The summed E-state index contributed by atoms with van der Waals surface area (Å²) in [6.07, 6.45) is 7.06. The number of allylic oxidation sites excluding steroid dienone is 3. The van der Waals surface area contributed by atoms with Gasteiger partial charge in [-0.3, -0.25) is 0 Å². The lowest BCUT2D eigenvalue weighted by molar-refractivity contribution is -0.0782. The summed E-state index contributed by atoms with van der Waals surface area (Å²) >= 11 is 0. The normalized spacial score (nSPS) is 24.9. The summed E-state index contributed by atoms with van der Waals surface area (Å²) < 4.78 is 6.28. The number of hydrogen-bond acceptors (Lipinski definition) is 1. The number of benzene rings is 1. The first-order valence-corrected chi connectivity index (χ1v) is 8.35. The largest absolute Gasteiger partial charge is 0.372 e. The smallest absolute Gasteiger partial charge is 0.0890 e. The summed E-state index contributed by atoms with van der Waals surface area (Å²) in [6, 6.07) is 10.7. The number of ether oxygens (including phenoxy) is 1. The molecule has 0 N–H and O–H groups in total. The molecule has 2 rings (SSSR count). The van der Waals surface area contributed by atoms with Crippen molar-refractivity contribution in [2.24, 2.45) is 11.3 Å². The topological polar surface area (TPSA) is 9.23 Å². The van der Waals surface area contributed by atoms with Crippen LogP contribution in [0.25, 0.3) is 0 Å². The van der Waals surface area contributed by atoms with Crippen LogP contribution in [0.4, 0.5) is 0 Å². The van der Waals surface area contributed by atoms with Crippen LogP contribution in [0.3, 0.4) is 0 Å². The van der Waals surface area contributed by atoms with E-state index >= 15 is 0 Å². The molecule has 0 saturated carbocycles. The Labute approximate surface area is 136 Å². The second-order valence-corrected chi connectivity index (χ2v) is 7.58. The van der Waals surface area contributed by atoms with Gasteiger partial charge in [0.15, 0.2) is 0 Å². The van der Waals surface area contributed by atoms with E-state index in [4.69, 9.17) is 4.74 Å². The molecule has 1 nitrogen and oxygen atoms in total. The third-order valence-electron chi connectivity index (χ3n) is 4.47. The van der Waals surface area contributed by atoms with Crippen LogP contribution in [0.1, 0.15) is 59.1 Å². The maximum atomic E-state index is 6.28. The van der Waals surface area contributed by atoms with Gasteiger partial charge in [0.05, 0.1) is 12.7 Å². The second kappa shape index (κ2) is 7.28. The van der Waals surface area contributed by atoms with Crippen LogP contribution in [0.2, 0.25) is 0 Å². The van der Waals surface area contributed by atoms with Gasteiger partial charge in [0.25, 0.3) is 0 Å². The highest BCUT2D eigenvalue weighted by molar-refractivity contribution is 5.23. The molecular formula is C21H30O. The molecule has 1 fully saturated rings. The molecule has 0 bridgehead atoms. The van der Waals surface area contributed by atoms with E-state index in [-0.39, 0.29) is 11.5 Å². The van der Waals surface area contributed by atoms with E-state index in [1.54, 1.807) is 0 Å². The molecule has 1 aromatic carbocycles. The summed E-state index contributed by atoms with van der Waals surface area (Å²) in [4.78, 5) is 0. The van der Waals surface area contributed by atoms with E-state index in [0.29, 0.717) is 5.92 Å². The van der Waals surface area contributed by atoms with Crippen LogP contribution in [0, 0.1) is 11.3 Å². The van der Waals surface area contributed by atoms with Gasteiger partial charge < -0.3 is 4.74 Å². The molecule has 0 radical (unpaired) electrons. The molecule has 1 saturated heterocycles. The molecule has 1 heterocycles. The number of hydrogen-bond donors (Lipinski definition) is 0. The minimum Gasteiger partial charge on any atom is -0.372 e. The van der Waals surface area contributed by atoms with Gasteiger partial charge in [-0.15, -0.1) is 0 Å². The van der Waals surface area contributed by atoms with Crippen molar-refractivity contribution < 1.29 is 4.74 Å². The molecule has 22 heavy (non-hydrogen) atoms. The van der Waals surface area contributed by atoms with E-state index in [2.05, 4.69) is 77.1 Å². The molecule has 1 heteroatoms. The minimum absolute atomic E-state index is 0.192. The van der Waals surface area contributed by atoms with Crippen LogP contribution in [0.5, 0.6) is 0 Å². The Morgan fingerprint density at radius 1 is 1.14 bits per heavy atom. The lowest BCUT2D eigenvalue weighted by Gasteiger charge is -2.41. The maximum Gasteiger partial charge on any atom is 0.0890 e. The van der Waals surface area contributed by atoms with E-state index in [1.807, 2.05) is 0 Å². The zero-order valence-corrected chi connectivity index (χ0v) is 14.7. The lowest BCUT2D eigenvalue weighted by Crippen LogP contribution is -2.35. The van der Waals surface area contributed by atoms with Crippen molar-refractivity contribution in [3.63, 3.8) is 0 Å². The predicted molar refractivity (Wildman–Crippen MR) is 94.8 cm³/mol. The average molecular weight is 298 g/mol.